The molecular formula is C14H16N2. The van der Waals surface area contributed by atoms with Crippen molar-refractivity contribution >= 4 is 0 Å². The predicted octanol–water partition coefficient (Wildman–Crippen LogP) is 2.64. The fraction of sp³-hybridized carbons (Fsp3) is 0.214. The zero-order chi connectivity index (χ0) is 11.2. The van der Waals surface area contributed by atoms with Crippen molar-refractivity contribution in [2.45, 2.75) is 12.8 Å². The lowest BCUT2D eigenvalue weighted by Crippen LogP contribution is -2.02. The van der Waals surface area contributed by atoms with Crippen LogP contribution in [0.2, 0.25) is 0 Å². The summed E-state index contributed by atoms with van der Waals surface area (Å²) < 4.78 is 0. The Morgan fingerprint density at radius 2 is 1.81 bits per heavy atom. The fourth-order valence-electron chi connectivity index (χ4n) is 1.79. The number of aryl methyl sites for hydroxylation is 1. The molecule has 82 valence electrons. The average Bonchev–Trinajstić information content (AvgIpc) is 2.38. The van der Waals surface area contributed by atoms with Crippen LogP contribution in [0.5, 0.6) is 0 Å². The zero-order valence-corrected chi connectivity index (χ0v) is 9.26. The molecule has 2 nitrogen and oxygen atoms in total. The number of pyridine rings is 1. The molecule has 0 amide bonds. The Kier molecular flexibility index (Phi) is 3.67. The summed E-state index contributed by atoms with van der Waals surface area (Å²) in [6.07, 6.45) is 3.77. The predicted molar refractivity (Wildman–Crippen MR) is 67.0 cm³/mol. The summed E-state index contributed by atoms with van der Waals surface area (Å²) in [5.41, 5.74) is 9.12. The van der Waals surface area contributed by atoms with Crippen LogP contribution in [0.4, 0.5) is 0 Å². The molecule has 16 heavy (non-hydrogen) atoms. The highest BCUT2D eigenvalue weighted by Crippen LogP contribution is 2.22. The van der Waals surface area contributed by atoms with E-state index in [1.165, 1.54) is 11.1 Å². The Bertz CT molecular complexity index is 437. The van der Waals surface area contributed by atoms with Crippen LogP contribution in [-0.4, -0.2) is 11.5 Å². The van der Waals surface area contributed by atoms with E-state index in [1.54, 1.807) is 0 Å². The third kappa shape index (κ3) is 2.47. The topological polar surface area (TPSA) is 38.9 Å². The van der Waals surface area contributed by atoms with Gasteiger partial charge in [0.1, 0.15) is 0 Å². The summed E-state index contributed by atoms with van der Waals surface area (Å²) in [4.78, 5) is 4.44. The molecule has 0 aliphatic heterocycles. The highest BCUT2D eigenvalue weighted by molar-refractivity contribution is 5.65. The standard InChI is InChI=1S/C14H16N2/c15-10-4-9-14-13(8-5-11-16-14)12-6-2-1-3-7-12/h1-3,5-8,11H,4,9-10,15H2. The molecule has 0 aliphatic rings. The van der Waals surface area contributed by atoms with Gasteiger partial charge in [0.05, 0.1) is 0 Å². The van der Waals surface area contributed by atoms with Crippen LogP contribution in [-0.2, 0) is 6.42 Å². The minimum Gasteiger partial charge on any atom is -0.330 e. The molecular weight excluding hydrogens is 196 g/mol. The van der Waals surface area contributed by atoms with E-state index in [-0.39, 0.29) is 0 Å². The van der Waals surface area contributed by atoms with Crippen molar-refractivity contribution in [2.75, 3.05) is 6.54 Å². The van der Waals surface area contributed by atoms with E-state index in [0.717, 1.165) is 18.5 Å². The van der Waals surface area contributed by atoms with Crippen LogP contribution in [0, 0.1) is 0 Å². The minimum atomic E-state index is 0.713. The molecule has 1 aromatic carbocycles. The summed E-state index contributed by atoms with van der Waals surface area (Å²) >= 11 is 0. The Morgan fingerprint density at radius 1 is 1.00 bits per heavy atom. The number of nitrogens with zero attached hydrogens (tertiary/aromatic N) is 1. The van der Waals surface area contributed by atoms with Crippen molar-refractivity contribution < 1.29 is 0 Å². The van der Waals surface area contributed by atoms with Crippen molar-refractivity contribution in [3.63, 3.8) is 0 Å². The first-order valence-electron chi connectivity index (χ1n) is 5.61. The van der Waals surface area contributed by atoms with Gasteiger partial charge in [-0.3, -0.25) is 4.98 Å². The number of benzene rings is 1. The number of hydrogen-bond acceptors (Lipinski definition) is 2. The first kappa shape index (κ1) is 10.8. The largest absolute Gasteiger partial charge is 0.330 e. The molecule has 0 bridgehead atoms. The third-order valence-corrected chi connectivity index (χ3v) is 2.59. The van der Waals surface area contributed by atoms with E-state index < -0.39 is 0 Å². The summed E-state index contributed by atoms with van der Waals surface area (Å²) in [7, 11) is 0. The Labute approximate surface area is 96.1 Å². The second-order valence-corrected chi connectivity index (χ2v) is 3.76. The van der Waals surface area contributed by atoms with Crippen LogP contribution in [0.25, 0.3) is 11.1 Å². The van der Waals surface area contributed by atoms with Crippen molar-refractivity contribution in [1.82, 2.24) is 4.98 Å². The smallest absolute Gasteiger partial charge is 0.0482 e. The highest BCUT2D eigenvalue weighted by Gasteiger charge is 2.04. The summed E-state index contributed by atoms with van der Waals surface area (Å²) in [6, 6.07) is 14.5. The molecule has 0 fully saturated rings. The first-order chi connectivity index (χ1) is 7.92. The molecule has 0 spiro atoms. The molecule has 2 rings (SSSR count). The molecule has 2 N–H and O–H groups in total. The van der Waals surface area contributed by atoms with Gasteiger partial charge >= 0.3 is 0 Å². The van der Waals surface area contributed by atoms with Crippen LogP contribution in [0.1, 0.15) is 12.1 Å². The molecule has 0 unspecified atom stereocenters. The van der Waals surface area contributed by atoms with Crippen molar-refractivity contribution in [2.24, 2.45) is 5.73 Å². The fourth-order valence-corrected chi connectivity index (χ4v) is 1.79. The Balaban J connectivity index is 2.33. The van der Waals surface area contributed by atoms with Gasteiger partial charge in [-0.2, -0.15) is 0 Å². The molecule has 0 saturated carbocycles. The average molecular weight is 212 g/mol. The molecule has 2 heteroatoms. The van der Waals surface area contributed by atoms with Crippen molar-refractivity contribution in [1.29, 1.82) is 0 Å². The van der Waals surface area contributed by atoms with Gasteiger partial charge < -0.3 is 5.73 Å². The maximum Gasteiger partial charge on any atom is 0.0482 e. The van der Waals surface area contributed by atoms with Gasteiger partial charge in [-0.25, -0.2) is 0 Å². The summed E-state index contributed by atoms with van der Waals surface area (Å²) in [5.74, 6) is 0. The lowest BCUT2D eigenvalue weighted by atomic mass is 10.0. The second kappa shape index (κ2) is 5.42. The lowest BCUT2D eigenvalue weighted by Gasteiger charge is -2.07. The highest BCUT2D eigenvalue weighted by atomic mass is 14.7. The quantitative estimate of drug-likeness (QED) is 0.846. The summed E-state index contributed by atoms with van der Waals surface area (Å²) in [6.45, 7) is 0.713. The lowest BCUT2D eigenvalue weighted by molar-refractivity contribution is 0.812. The van der Waals surface area contributed by atoms with Gasteiger partial charge in [-0.15, -0.1) is 0 Å². The Hall–Kier alpha value is -1.67. The molecule has 2 aromatic rings. The van der Waals surface area contributed by atoms with E-state index in [2.05, 4.69) is 35.3 Å². The van der Waals surface area contributed by atoms with E-state index >= 15 is 0 Å². The van der Waals surface area contributed by atoms with Crippen LogP contribution < -0.4 is 5.73 Å². The number of rotatable bonds is 4. The molecule has 0 radical (unpaired) electrons. The second-order valence-electron chi connectivity index (χ2n) is 3.76. The van der Waals surface area contributed by atoms with Gasteiger partial charge in [0.15, 0.2) is 0 Å². The van der Waals surface area contributed by atoms with Gasteiger partial charge in [-0.05, 0) is 31.0 Å². The van der Waals surface area contributed by atoms with Crippen LogP contribution in [0.15, 0.2) is 48.7 Å². The van der Waals surface area contributed by atoms with E-state index in [0.29, 0.717) is 6.54 Å². The maximum atomic E-state index is 5.54. The van der Waals surface area contributed by atoms with E-state index in [9.17, 15) is 0 Å². The molecule has 1 aromatic heterocycles. The number of aromatic nitrogens is 1. The molecule has 1 heterocycles. The molecule has 0 atom stereocenters. The monoisotopic (exact) mass is 212 g/mol. The van der Waals surface area contributed by atoms with Crippen molar-refractivity contribution in [3.8, 4) is 11.1 Å². The minimum absolute atomic E-state index is 0.713. The van der Waals surface area contributed by atoms with Crippen molar-refractivity contribution in [3.05, 3.63) is 54.4 Å². The molecule has 0 saturated heterocycles. The number of hydrogen-bond donors (Lipinski definition) is 1. The SMILES string of the molecule is NCCCc1ncccc1-c1ccccc1. The normalized spacial score (nSPS) is 10.3. The van der Waals surface area contributed by atoms with Crippen LogP contribution >= 0.6 is 0 Å². The zero-order valence-electron chi connectivity index (χ0n) is 9.26. The Morgan fingerprint density at radius 3 is 2.56 bits per heavy atom. The van der Waals surface area contributed by atoms with Gasteiger partial charge in [-0.1, -0.05) is 36.4 Å². The third-order valence-electron chi connectivity index (χ3n) is 2.59. The van der Waals surface area contributed by atoms with Gasteiger partial charge in [0.2, 0.25) is 0 Å². The van der Waals surface area contributed by atoms with Crippen LogP contribution in [0.3, 0.4) is 0 Å². The number of nitrogens with two attached hydrogens (primary N) is 1. The summed E-state index contributed by atoms with van der Waals surface area (Å²) in [5, 5.41) is 0. The molecule has 0 aliphatic carbocycles. The van der Waals surface area contributed by atoms with E-state index in [1.807, 2.05) is 18.3 Å². The van der Waals surface area contributed by atoms with Gasteiger partial charge in [0, 0.05) is 17.5 Å². The maximum absolute atomic E-state index is 5.54. The van der Waals surface area contributed by atoms with E-state index in [4.69, 9.17) is 5.73 Å². The first-order valence-corrected chi connectivity index (χ1v) is 5.61. The van der Waals surface area contributed by atoms with Gasteiger partial charge in [0.25, 0.3) is 0 Å².